The summed E-state index contributed by atoms with van der Waals surface area (Å²) in [5.41, 5.74) is 0.498. The summed E-state index contributed by atoms with van der Waals surface area (Å²) in [5.74, 6) is 0.588. The molecule has 2 N–H and O–H groups in total. The highest BCUT2D eigenvalue weighted by Gasteiger charge is 2.27. The van der Waals surface area contributed by atoms with Gasteiger partial charge in [0, 0.05) is 0 Å². The molecule has 0 saturated carbocycles. The average molecular weight is 327 g/mol. The van der Waals surface area contributed by atoms with E-state index >= 15 is 0 Å². The second kappa shape index (κ2) is 7.97. The third-order valence-corrected chi connectivity index (χ3v) is 3.95. The largest absolute Gasteiger partial charge is 0.494 e. The first-order valence-corrected chi connectivity index (χ1v) is 8.22. The van der Waals surface area contributed by atoms with Crippen LogP contribution < -0.4 is 10.1 Å². The van der Waals surface area contributed by atoms with E-state index < -0.39 is 5.60 Å². The maximum Gasteiger partial charge on any atom is 0.223 e. The fraction of sp³-hybridized carbons (Fsp3) is 0.350. The van der Waals surface area contributed by atoms with Crippen molar-refractivity contribution in [1.29, 1.82) is 0 Å². The number of ether oxygens (including phenoxy) is 1. The Balaban J connectivity index is 2.00. The van der Waals surface area contributed by atoms with Gasteiger partial charge < -0.3 is 15.2 Å². The Morgan fingerprint density at radius 2 is 1.92 bits per heavy atom. The van der Waals surface area contributed by atoms with Gasteiger partial charge >= 0.3 is 0 Å². The highest BCUT2D eigenvalue weighted by Crippen LogP contribution is 2.25. The highest BCUT2D eigenvalue weighted by molar-refractivity contribution is 5.77. The number of hydrogen-bond donors (Lipinski definition) is 2. The Hall–Kier alpha value is -2.33. The molecule has 0 spiro atoms. The zero-order chi connectivity index (χ0) is 17.6. The number of nitrogens with one attached hydrogen (secondary N) is 1. The minimum Gasteiger partial charge on any atom is -0.494 e. The molecule has 0 saturated heterocycles. The van der Waals surface area contributed by atoms with Gasteiger partial charge in [-0.3, -0.25) is 4.79 Å². The summed E-state index contributed by atoms with van der Waals surface area (Å²) in [4.78, 5) is 12.3. The Morgan fingerprint density at radius 1 is 1.21 bits per heavy atom. The summed E-state index contributed by atoms with van der Waals surface area (Å²) >= 11 is 0. The first-order chi connectivity index (χ1) is 11.4. The molecular formula is C20H25NO3. The summed E-state index contributed by atoms with van der Waals surface area (Å²) in [5, 5.41) is 13.5. The van der Waals surface area contributed by atoms with Crippen LogP contribution in [-0.4, -0.2) is 17.6 Å². The Kier molecular flexibility index (Phi) is 5.99. The Morgan fingerprint density at radius 3 is 2.58 bits per heavy atom. The first kappa shape index (κ1) is 18.0. The molecule has 0 aliphatic heterocycles. The molecule has 128 valence electrons. The third-order valence-electron chi connectivity index (χ3n) is 3.95. The minimum absolute atomic E-state index is 0.00645. The van der Waals surface area contributed by atoms with Crippen molar-refractivity contribution in [3.63, 3.8) is 0 Å². The van der Waals surface area contributed by atoms with Gasteiger partial charge in [-0.15, -0.1) is 0 Å². The molecule has 0 aliphatic carbocycles. The standard InChI is InChI=1S/C20H25NO3/c1-4-24-18-12-8-9-16(13-18)15(2)21-19(22)14-20(3,23)17-10-6-5-7-11-17/h5-13,15,23H,4,14H2,1-3H3,(H,21,22). The van der Waals surface area contributed by atoms with Gasteiger partial charge in [-0.1, -0.05) is 42.5 Å². The van der Waals surface area contributed by atoms with Crippen molar-refractivity contribution in [2.45, 2.75) is 38.8 Å². The van der Waals surface area contributed by atoms with Crippen LogP contribution in [-0.2, 0) is 10.4 Å². The second-order valence-corrected chi connectivity index (χ2v) is 6.11. The maximum atomic E-state index is 12.3. The molecule has 2 unspecified atom stereocenters. The molecule has 0 bridgehead atoms. The predicted molar refractivity (Wildman–Crippen MR) is 94.8 cm³/mol. The van der Waals surface area contributed by atoms with Crippen molar-refractivity contribution in [3.05, 3.63) is 65.7 Å². The van der Waals surface area contributed by atoms with Crippen LogP contribution in [0.1, 0.15) is 44.4 Å². The van der Waals surface area contributed by atoms with Crippen molar-refractivity contribution in [2.75, 3.05) is 6.61 Å². The molecule has 4 nitrogen and oxygen atoms in total. The lowest BCUT2D eigenvalue weighted by atomic mass is 9.92. The minimum atomic E-state index is -1.20. The molecular weight excluding hydrogens is 302 g/mol. The van der Waals surface area contributed by atoms with Crippen LogP contribution in [0, 0.1) is 0 Å². The lowest BCUT2D eigenvalue weighted by Gasteiger charge is -2.24. The number of hydrogen-bond acceptors (Lipinski definition) is 3. The zero-order valence-electron chi connectivity index (χ0n) is 14.5. The molecule has 24 heavy (non-hydrogen) atoms. The normalized spacial score (nSPS) is 14.5. The van der Waals surface area contributed by atoms with Crippen molar-refractivity contribution in [3.8, 4) is 5.75 Å². The smallest absolute Gasteiger partial charge is 0.223 e. The molecule has 2 atom stereocenters. The van der Waals surface area contributed by atoms with Crippen LogP contribution in [0.4, 0.5) is 0 Å². The van der Waals surface area contributed by atoms with Crippen LogP contribution in [0.15, 0.2) is 54.6 Å². The van der Waals surface area contributed by atoms with Gasteiger partial charge in [-0.05, 0) is 44.0 Å². The third kappa shape index (κ3) is 4.83. The van der Waals surface area contributed by atoms with E-state index in [0.29, 0.717) is 6.61 Å². The topological polar surface area (TPSA) is 58.6 Å². The fourth-order valence-corrected chi connectivity index (χ4v) is 2.63. The number of benzene rings is 2. The van der Waals surface area contributed by atoms with Crippen molar-refractivity contribution in [1.82, 2.24) is 5.32 Å². The lowest BCUT2D eigenvalue weighted by Crippen LogP contribution is -2.34. The summed E-state index contributed by atoms with van der Waals surface area (Å²) in [7, 11) is 0. The highest BCUT2D eigenvalue weighted by atomic mass is 16.5. The molecule has 0 fully saturated rings. The van der Waals surface area contributed by atoms with E-state index in [9.17, 15) is 9.90 Å². The summed E-state index contributed by atoms with van der Waals surface area (Å²) < 4.78 is 5.49. The number of rotatable bonds is 7. The van der Waals surface area contributed by atoms with E-state index in [1.54, 1.807) is 6.92 Å². The van der Waals surface area contributed by atoms with Crippen LogP contribution in [0.3, 0.4) is 0 Å². The van der Waals surface area contributed by atoms with Gasteiger partial charge in [0.05, 0.1) is 24.7 Å². The number of carbonyl (C=O) groups excluding carboxylic acids is 1. The Bertz CT molecular complexity index is 668. The Labute approximate surface area is 143 Å². The molecule has 0 radical (unpaired) electrons. The fourth-order valence-electron chi connectivity index (χ4n) is 2.63. The van der Waals surface area contributed by atoms with E-state index in [4.69, 9.17) is 4.74 Å². The predicted octanol–water partition coefficient (Wildman–Crippen LogP) is 3.56. The monoisotopic (exact) mass is 327 g/mol. The van der Waals surface area contributed by atoms with Crippen LogP contribution in [0.2, 0.25) is 0 Å². The molecule has 2 aromatic rings. The first-order valence-electron chi connectivity index (χ1n) is 8.22. The van der Waals surface area contributed by atoms with Gasteiger partial charge in [0.25, 0.3) is 0 Å². The van der Waals surface area contributed by atoms with Crippen LogP contribution >= 0.6 is 0 Å². The zero-order valence-corrected chi connectivity index (χ0v) is 14.5. The van der Waals surface area contributed by atoms with E-state index in [-0.39, 0.29) is 18.4 Å². The molecule has 4 heteroatoms. The molecule has 2 rings (SSSR count). The SMILES string of the molecule is CCOc1cccc(C(C)NC(=O)CC(C)(O)c2ccccc2)c1. The van der Waals surface area contributed by atoms with Gasteiger partial charge in [-0.2, -0.15) is 0 Å². The summed E-state index contributed by atoms with van der Waals surface area (Å²) in [6.45, 7) is 6.11. The average Bonchev–Trinajstić information content (AvgIpc) is 2.55. The summed E-state index contributed by atoms with van der Waals surface area (Å²) in [6, 6.07) is 16.7. The lowest BCUT2D eigenvalue weighted by molar-refractivity contribution is -0.126. The van der Waals surface area contributed by atoms with Crippen LogP contribution in [0.5, 0.6) is 5.75 Å². The van der Waals surface area contributed by atoms with E-state index in [2.05, 4.69) is 5.32 Å². The van der Waals surface area contributed by atoms with Crippen molar-refractivity contribution >= 4 is 5.91 Å². The molecule has 2 aromatic carbocycles. The number of amides is 1. The second-order valence-electron chi connectivity index (χ2n) is 6.11. The van der Waals surface area contributed by atoms with E-state index in [1.165, 1.54) is 0 Å². The van der Waals surface area contributed by atoms with E-state index in [1.807, 2.05) is 68.4 Å². The van der Waals surface area contributed by atoms with E-state index in [0.717, 1.165) is 16.9 Å². The molecule has 0 heterocycles. The van der Waals surface area contributed by atoms with Gasteiger partial charge in [-0.25, -0.2) is 0 Å². The molecule has 0 aliphatic rings. The number of aliphatic hydroxyl groups is 1. The molecule has 0 aromatic heterocycles. The van der Waals surface area contributed by atoms with Crippen LogP contribution in [0.25, 0.3) is 0 Å². The van der Waals surface area contributed by atoms with Gasteiger partial charge in [0.1, 0.15) is 5.75 Å². The number of carbonyl (C=O) groups is 1. The van der Waals surface area contributed by atoms with Crippen molar-refractivity contribution in [2.24, 2.45) is 0 Å². The molecule has 1 amide bonds. The summed E-state index contributed by atoms with van der Waals surface area (Å²) in [6.07, 6.45) is 0.00645. The van der Waals surface area contributed by atoms with Gasteiger partial charge in [0.2, 0.25) is 5.91 Å². The maximum absolute atomic E-state index is 12.3. The van der Waals surface area contributed by atoms with Crippen molar-refractivity contribution < 1.29 is 14.6 Å². The quantitative estimate of drug-likeness (QED) is 0.817. The van der Waals surface area contributed by atoms with Gasteiger partial charge in [0.15, 0.2) is 0 Å².